The zero-order chi connectivity index (χ0) is 23.7. The minimum atomic E-state index is -0.597. The number of imide groups is 1. The molecule has 0 bridgehead atoms. The van der Waals surface area contributed by atoms with E-state index < -0.39 is 11.8 Å². The van der Waals surface area contributed by atoms with Crippen molar-refractivity contribution in [1.82, 2.24) is 14.7 Å². The summed E-state index contributed by atoms with van der Waals surface area (Å²) < 4.78 is 16.0. The van der Waals surface area contributed by atoms with E-state index in [0.717, 1.165) is 10.6 Å². The third-order valence-corrected chi connectivity index (χ3v) is 5.65. The molecule has 1 aromatic heterocycles. The maximum Gasteiger partial charge on any atom is 0.271 e. The molecule has 0 spiro atoms. The summed E-state index contributed by atoms with van der Waals surface area (Å²) >= 11 is 0. The number of rotatable bonds is 4. The van der Waals surface area contributed by atoms with Crippen molar-refractivity contribution in [2.75, 3.05) is 6.54 Å². The summed E-state index contributed by atoms with van der Waals surface area (Å²) in [6, 6.07) is 16.2. The Labute approximate surface area is 190 Å². The molecule has 4 rings (SSSR count). The molecule has 164 valence electrons. The van der Waals surface area contributed by atoms with Crippen LogP contribution in [0.25, 0.3) is 23.0 Å². The highest BCUT2D eigenvalue weighted by Crippen LogP contribution is 2.31. The molecule has 2 amide bonds. The van der Waals surface area contributed by atoms with Crippen LogP contribution in [0.2, 0.25) is 0 Å². The van der Waals surface area contributed by atoms with Gasteiger partial charge < -0.3 is 0 Å². The zero-order valence-electron chi connectivity index (χ0n) is 18.5. The first kappa shape index (κ1) is 21.9. The molecule has 0 unspecified atom stereocenters. The molecule has 7 heteroatoms. The summed E-state index contributed by atoms with van der Waals surface area (Å²) in [5, 5.41) is 14.2. The molecule has 2 heterocycles. The Bertz CT molecular complexity index is 1380. The third kappa shape index (κ3) is 3.87. The number of nitrogens with zero attached hydrogens (tertiary/aromatic N) is 4. The Morgan fingerprint density at radius 1 is 1.09 bits per heavy atom. The number of halogens is 1. The number of hydrogen-bond donors (Lipinski definition) is 0. The summed E-state index contributed by atoms with van der Waals surface area (Å²) in [6.07, 6.45) is 3.36. The summed E-state index contributed by atoms with van der Waals surface area (Å²) in [5.74, 6) is -1.44. The fraction of sp³-hybridized carbons (Fsp3) is 0.154. The van der Waals surface area contributed by atoms with Gasteiger partial charge in [-0.15, -0.1) is 0 Å². The lowest BCUT2D eigenvalue weighted by Gasteiger charge is -2.26. The van der Waals surface area contributed by atoms with Gasteiger partial charge in [0, 0.05) is 29.4 Å². The fourth-order valence-electron chi connectivity index (χ4n) is 3.74. The molecule has 3 aromatic rings. The number of para-hydroxylation sites is 1. The van der Waals surface area contributed by atoms with E-state index in [1.807, 2.05) is 36.4 Å². The maximum atomic E-state index is 14.4. The van der Waals surface area contributed by atoms with Gasteiger partial charge >= 0.3 is 0 Å². The second kappa shape index (κ2) is 8.67. The molecule has 33 heavy (non-hydrogen) atoms. The lowest BCUT2D eigenvalue weighted by atomic mass is 9.93. The highest BCUT2D eigenvalue weighted by Gasteiger charge is 2.34. The number of likely N-dealkylation sites (N-methyl/N-ethyl adjacent to an activating group) is 1. The van der Waals surface area contributed by atoms with Gasteiger partial charge in [-0.25, -0.2) is 9.07 Å². The highest BCUT2D eigenvalue weighted by molar-refractivity contribution is 6.19. The van der Waals surface area contributed by atoms with Gasteiger partial charge in [0.25, 0.3) is 11.8 Å². The predicted molar refractivity (Wildman–Crippen MR) is 122 cm³/mol. The molecule has 0 fully saturated rings. The van der Waals surface area contributed by atoms with Gasteiger partial charge in [0.2, 0.25) is 0 Å². The predicted octanol–water partition coefficient (Wildman–Crippen LogP) is 4.60. The van der Waals surface area contributed by atoms with Crippen molar-refractivity contribution < 1.29 is 14.0 Å². The zero-order valence-corrected chi connectivity index (χ0v) is 18.5. The molecule has 0 saturated heterocycles. The third-order valence-electron chi connectivity index (χ3n) is 5.65. The molecule has 0 atom stereocenters. The van der Waals surface area contributed by atoms with Crippen molar-refractivity contribution in [3.63, 3.8) is 0 Å². The van der Waals surface area contributed by atoms with Gasteiger partial charge in [0.1, 0.15) is 23.2 Å². The molecule has 2 aromatic carbocycles. The van der Waals surface area contributed by atoms with Crippen molar-refractivity contribution in [1.29, 1.82) is 5.26 Å². The van der Waals surface area contributed by atoms with Gasteiger partial charge in [-0.2, -0.15) is 10.4 Å². The topological polar surface area (TPSA) is 79.0 Å². The van der Waals surface area contributed by atoms with Crippen LogP contribution in [0.1, 0.15) is 25.0 Å². The minimum Gasteiger partial charge on any atom is -0.274 e. The lowest BCUT2D eigenvalue weighted by molar-refractivity contribution is -0.140. The van der Waals surface area contributed by atoms with Crippen LogP contribution in [0, 0.1) is 24.1 Å². The molecular formula is C26H21FN4O2. The highest BCUT2D eigenvalue weighted by atomic mass is 19.1. The fourth-order valence-corrected chi connectivity index (χ4v) is 3.74. The number of aromatic nitrogens is 2. The standard InChI is InChI=1S/C26H21FN4O2/c1-4-30-25(32)21(17(3)22(14-28)26(30)33)12-19-15-31(20-8-6-5-7-9-20)29-24(19)18-11-10-16(2)23(27)13-18/h5-13,15H,4H2,1-3H3/b21-12+. The second-order valence-corrected chi connectivity index (χ2v) is 7.70. The Morgan fingerprint density at radius 2 is 1.82 bits per heavy atom. The van der Waals surface area contributed by atoms with Crippen LogP contribution in [0.3, 0.4) is 0 Å². The minimum absolute atomic E-state index is 0.0684. The number of aryl methyl sites for hydroxylation is 1. The van der Waals surface area contributed by atoms with E-state index in [2.05, 4.69) is 5.10 Å². The molecule has 1 aliphatic heterocycles. The first-order chi connectivity index (χ1) is 15.8. The molecule has 0 saturated carbocycles. The van der Waals surface area contributed by atoms with Crippen LogP contribution >= 0.6 is 0 Å². The van der Waals surface area contributed by atoms with Gasteiger partial charge in [0.05, 0.1) is 5.69 Å². The number of benzene rings is 2. The van der Waals surface area contributed by atoms with Crippen molar-refractivity contribution in [2.24, 2.45) is 0 Å². The molecule has 0 radical (unpaired) electrons. The quantitative estimate of drug-likeness (QED) is 0.439. The number of amides is 2. The summed E-state index contributed by atoms with van der Waals surface area (Å²) in [6.45, 7) is 5.09. The number of nitriles is 1. The van der Waals surface area contributed by atoms with Crippen LogP contribution < -0.4 is 0 Å². The Kier molecular flexibility index (Phi) is 5.76. The first-order valence-corrected chi connectivity index (χ1v) is 10.5. The summed E-state index contributed by atoms with van der Waals surface area (Å²) in [5.41, 5.74) is 3.37. The van der Waals surface area contributed by atoms with Crippen LogP contribution in [0.5, 0.6) is 0 Å². The van der Waals surface area contributed by atoms with E-state index in [-0.39, 0.29) is 23.5 Å². The normalized spacial score (nSPS) is 15.4. The molecular weight excluding hydrogens is 419 g/mol. The smallest absolute Gasteiger partial charge is 0.271 e. The van der Waals surface area contributed by atoms with Crippen LogP contribution in [-0.4, -0.2) is 33.0 Å². The van der Waals surface area contributed by atoms with Gasteiger partial charge in [-0.1, -0.05) is 30.3 Å². The lowest BCUT2D eigenvalue weighted by Crippen LogP contribution is -2.42. The van der Waals surface area contributed by atoms with Crippen LogP contribution in [0.15, 0.2) is 71.4 Å². The second-order valence-electron chi connectivity index (χ2n) is 7.70. The van der Waals surface area contributed by atoms with Gasteiger partial charge in [0.15, 0.2) is 0 Å². The molecule has 0 N–H and O–H groups in total. The Morgan fingerprint density at radius 3 is 2.45 bits per heavy atom. The summed E-state index contributed by atoms with van der Waals surface area (Å²) in [4.78, 5) is 26.6. The van der Waals surface area contributed by atoms with E-state index in [0.29, 0.717) is 28.0 Å². The van der Waals surface area contributed by atoms with E-state index in [1.165, 1.54) is 6.07 Å². The van der Waals surface area contributed by atoms with Crippen LogP contribution in [-0.2, 0) is 9.59 Å². The Balaban J connectivity index is 1.95. The Hall–Kier alpha value is -4.31. The van der Waals surface area contributed by atoms with E-state index in [1.54, 1.807) is 49.9 Å². The number of carbonyl (C=O) groups excluding carboxylic acids is 2. The molecule has 0 aliphatic carbocycles. The monoisotopic (exact) mass is 440 g/mol. The average Bonchev–Trinajstić information content (AvgIpc) is 3.24. The first-order valence-electron chi connectivity index (χ1n) is 10.5. The largest absolute Gasteiger partial charge is 0.274 e. The van der Waals surface area contributed by atoms with Crippen molar-refractivity contribution >= 4 is 17.9 Å². The van der Waals surface area contributed by atoms with E-state index in [4.69, 9.17) is 0 Å². The van der Waals surface area contributed by atoms with Crippen molar-refractivity contribution in [3.8, 4) is 23.0 Å². The maximum absolute atomic E-state index is 14.4. The van der Waals surface area contributed by atoms with Gasteiger partial charge in [-0.05, 0) is 56.2 Å². The average molecular weight is 440 g/mol. The SMILES string of the molecule is CCN1C(=O)C(C#N)=C(C)/C(=C\c2cn(-c3ccccc3)nc2-c2ccc(C)c(F)c2)C1=O. The van der Waals surface area contributed by atoms with Gasteiger partial charge in [-0.3, -0.25) is 14.5 Å². The van der Waals surface area contributed by atoms with E-state index >= 15 is 0 Å². The molecule has 6 nitrogen and oxygen atoms in total. The number of carbonyl (C=O) groups is 2. The summed E-state index contributed by atoms with van der Waals surface area (Å²) in [7, 11) is 0. The molecule has 1 aliphatic rings. The number of hydrogen-bond acceptors (Lipinski definition) is 4. The van der Waals surface area contributed by atoms with E-state index in [9.17, 15) is 19.2 Å². The van der Waals surface area contributed by atoms with Crippen LogP contribution in [0.4, 0.5) is 4.39 Å². The van der Waals surface area contributed by atoms with Crippen molar-refractivity contribution in [2.45, 2.75) is 20.8 Å². The van der Waals surface area contributed by atoms with Crippen molar-refractivity contribution in [3.05, 3.63) is 88.4 Å².